The van der Waals surface area contributed by atoms with Gasteiger partial charge in [0.25, 0.3) is 0 Å². The van der Waals surface area contributed by atoms with Gasteiger partial charge in [-0.25, -0.2) is 4.79 Å². The molecule has 1 unspecified atom stereocenters. The summed E-state index contributed by atoms with van der Waals surface area (Å²) in [6, 6.07) is 6.13. The van der Waals surface area contributed by atoms with Crippen LogP contribution < -0.4 is 5.73 Å². The molecule has 0 radical (unpaired) electrons. The molecular formula is C16H23N3O. The van der Waals surface area contributed by atoms with Crippen molar-refractivity contribution in [3.63, 3.8) is 0 Å². The van der Waals surface area contributed by atoms with Crippen LogP contribution in [0.25, 0.3) is 10.8 Å². The van der Waals surface area contributed by atoms with Crippen LogP contribution in [0, 0.1) is 0 Å². The lowest BCUT2D eigenvalue weighted by Crippen LogP contribution is -2.42. The number of aromatic amines is 1. The fourth-order valence-electron chi connectivity index (χ4n) is 2.70. The maximum atomic E-state index is 11.7. The van der Waals surface area contributed by atoms with E-state index in [0.29, 0.717) is 6.54 Å². The van der Waals surface area contributed by atoms with Crippen LogP contribution >= 0.6 is 0 Å². The van der Waals surface area contributed by atoms with Crippen molar-refractivity contribution in [2.24, 2.45) is 5.73 Å². The van der Waals surface area contributed by atoms with Crippen molar-refractivity contribution in [3.05, 3.63) is 36.2 Å². The highest BCUT2D eigenvalue weighted by atomic mass is 16.2. The Labute approximate surface area is 120 Å². The molecule has 0 fully saturated rings. The molecule has 0 aliphatic heterocycles. The topological polar surface area (TPSA) is 62.1 Å². The number of urea groups is 1. The van der Waals surface area contributed by atoms with Crippen LogP contribution in [0.2, 0.25) is 0 Å². The van der Waals surface area contributed by atoms with Crippen molar-refractivity contribution in [1.82, 2.24) is 9.88 Å². The predicted molar refractivity (Wildman–Crippen MR) is 82.4 cm³/mol. The van der Waals surface area contributed by atoms with Crippen LogP contribution in [0.3, 0.4) is 0 Å². The molecule has 1 heterocycles. The van der Waals surface area contributed by atoms with E-state index >= 15 is 0 Å². The van der Waals surface area contributed by atoms with E-state index in [2.05, 4.69) is 37.0 Å². The van der Waals surface area contributed by atoms with Gasteiger partial charge >= 0.3 is 6.03 Å². The second-order valence-electron chi connectivity index (χ2n) is 5.24. The lowest BCUT2D eigenvalue weighted by molar-refractivity contribution is 0.172. The van der Waals surface area contributed by atoms with Crippen LogP contribution in [0.5, 0.6) is 0 Å². The molecule has 0 spiro atoms. The minimum atomic E-state index is -0.334. The van der Waals surface area contributed by atoms with Crippen LogP contribution in [0.4, 0.5) is 4.79 Å². The van der Waals surface area contributed by atoms with Gasteiger partial charge in [0.05, 0.1) is 0 Å². The lowest BCUT2D eigenvalue weighted by atomic mass is 10.1. The van der Waals surface area contributed by atoms with Crippen molar-refractivity contribution >= 4 is 16.8 Å². The number of fused-ring (bicyclic) bond motifs is 1. The highest BCUT2D eigenvalue weighted by Crippen LogP contribution is 2.19. The minimum Gasteiger partial charge on any atom is -0.366 e. The number of rotatable bonds is 6. The van der Waals surface area contributed by atoms with Gasteiger partial charge in [0.1, 0.15) is 0 Å². The third-order valence-corrected chi connectivity index (χ3v) is 3.80. The van der Waals surface area contributed by atoms with Gasteiger partial charge in [0.15, 0.2) is 0 Å². The summed E-state index contributed by atoms with van der Waals surface area (Å²) < 4.78 is 0. The predicted octanol–water partition coefficient (Wildman–Crippen LogP) is 3.63. The third kappa shape index (κ3) is 3.13. The Morgan fingerprint density at radius 1 is 1.30 bits per heavy atom. The monoisotopic (exact) mass is 273 g/mol. The number of aromatic nitrogens is 1. The second-order valence-corrected chi connectivity index (χ2v) is 5.24. The molecule has 1 aromatic carbocycles. The maximum absolute atomic E-state index is 11.7. The Morgan fingerprint density at radius 2 is 2.05 bits per heavy atom. The zero-order chi connectivity index (χ0) is 14.5. The average Bonchev–Trinajstić information content (AvgIpc) is 2.89. The fourth-order valence-corrected chi connectivity index (χ4v) is 2.70. The number of H-pyrrole nitrogens is 1. The number of hydrogen-bond donors (Lipinski definition) is 2. The highest BCUT2D eigenvalue weighted by Gasteiger charge is 2.19. The largest absolute Gasteiger partial charge is 0.366 e. The minimum absolute atomic E-state index is 0.222. The third-order valence-electron chi connectivity index (χ3n) is 3.80. The van der Waals surface area contributed by atoms with Crippen molar-refractivity contribution < 1.29 is 4.79 Å². The Kier molecular flexibility index (Phi) is 4.66. The van der Waals surface area contributed by atoms with E-state index in [1.807, 2.05) is 12.4 Å². The highest BCUT2D eigenvalue weighted by molar-refractivity contribution is 5.82. The molecule has 20 heavy (non-hydrogen) atoms. The number of primary amides is 1. The SMILES string of the molecule is CCCC(CC)N(Cc1ccc2c[nH]cc2c1)C(N)=O. The van der Waals surface area contributed by atoms with Gasteiger partial charge in [-0.2, -0.15) is 0 Å². The van der Waals surface area contributed by atoms with Gasteiger partial charge in [-0.1, -0.05) is 32.4 Å². The first-order chi connectivity index (χ1) is 9.65. The molecule has 1 atom stereocenters. The lowest BCUT2D eigenvalue weighted by Gasteiger charge is -2.29. The number of carbonyl (C=O) groups excluding carboxylic acids is 1. The molecule has 0 saturated heterocycles. The van der Waals surface area contributed by atoms with Gasteiger partial charge < -0.3 is 15.6 Å². The van der Waals surface area contributed by atoms with Crippen LogP contribution in [0.15, 0.2) is 30.6 Å². The van der Waals surface area contributed by atoms with Crippen molar-refractivity contribution in [2.45, 2.75) is 45.7 Å². The molecule has 4 heteroatoms. The van der Waals surface area contributed by atoms with Gasteiger partial charge in [-0.05, 0) is 35.2 Å². The van der Waals surface area contributed by atoms with Crippen LogP contribution in [-0.2, 0) is 6.54 Å². The number of nitrogens with zero attached hydrogens (tertiary/aromatic N) is 1. The zero-order valence-corrected chi connectivity index (χ0v) is 12.2. The smallest absolute Gasteiger partial charge is 0.315 e. The van der Waals surface area contributed by atoms with E-state index in [1.54, 1.807) is 4.90 Å². The molecule has 3 N–H and O–H groups in total. The second kappa shape index (κ2) is 6.46. The zero-order valence-electron chi connectivity index (χ0n) is 12.2. The van der Waals surface area contributed by atoms with Gasteiger partial charge in [0, 0.05) is 25.0 Å². The fraction of sp³-hybridized carbons (Fsp3) is 0.438. The summed E-state index contributed by atoms with van der Waals surface area (Å²) in [5, 5.41) is 2.34. The molecule has 0 aliphatic carbocycles. The summed E-state index contributed by atoms with van der Waals surface area (Å²) in [4.78, 5) is 16.6. The molecule has 4 nitrogen and oxygen atoms in total. The standard InChI is InChI=1S/C16H23N3O/c1-3-5-15(4-2)19(16(17)20)11-12-6-7-13-9-18-10-14(13)8-12/h6-10,15,18H,3-5,11H2,1-2H3,(H2,17,20). The molecule has 108 valence electrons. The number of hydrogen-bond acceptors (Lipinski definition) is 1. The van der Waals surface area contributed by atoms with E-state index in [0.717, 1.165) is 30.2 Å². The Morgan fingerprint density at radius 3 is 2.70 bits per heavy atom. The average molecular weight is 273 g/mol. The Bertz CT molecular complexity index is 576. The number of carbonyl (C=O) groups is 1. The van der Waals surface area contributed by atoms with E-state index < -0.39 is 0 Å². The summed E-state index contributed by atoms with van der Waals surface area (Å²) in [5.41, 5.74) is 6.68. The summed E-state index contributed by atoms with van der Waals surface area (Å²) >= 11 is 0. The molecule has 0 bridgehead atoms. The van der Waals surface area contributed by atoms with Crippen molar-refractivity contribution in [3.8, 4) is 0 Å². The normalized spacial score (nSPS) is 12.5. The van der Waals surface area contributed by atoms with Gasteiger partial charge in [0.2, 0.25) is 0 Å². The van der Waals surface area contributed by atoms with Crippen LogP contribution in [0.1, 0.15) is 38.7 Å². The first-order valence-corrected chi connectivity index (χ1v) is 7.27. The van der Waals surface area contributed by atoms with Gasteiger partial charge in [-0.15, -0.1) is 0 Å². The van der Waals surface area contributed by atoms with E-state index in [4.69, 9.17) is 5.73 Å². The van der Waals surface area contributed by atoms with E-state index in [9.17, 15) is 4.79 Å². The molecule has 1 aromatic heterocycles. The van der Waals surface area contributed by atoms with E-state index in [-0.39, 0.29) is 12.1 Å². The molecule has 2 amide bonds. The summed E-state index contributed by atoms with van der Waals surface area (Å²) in [7, 11) is 0. The summed E-state index contributed by atoms with van der Waals surface area (Å²) in [5.74, 6) is 0. The first-order valence-electron chi connectivity index (χ1n) is 7.27. The number of nitrogens with one attached hydrogen (secondary N) is 1. The molecule has 2 aromatic rings. The van der Waals surface area contributed by atoms with Crippen LogP contribution in [-0.4, -0.2) is 22.0 Å². The number of amides is 2. The van der Waals surface area contributed by atoms with Crippen molar-refractivity contribution in [1.29, 1.82) is 0 Å². The molecule has 0 saturated carbocycles. The molecule has 0 aliphatic rings. The number of nitrogens with two attached hydrogens (primary N) is 1. The maximum Gasteiger partial charge on any atom is 0.315 e. The van der Waals surface area contributed by atoms with Crippen molar-refractivity contribution in [2.75, 3.05) is 0 Å². The van der Waals surface area contributed by atoms with Gasteiger partial charge in [-0.3, -0.25) is 0 Å². The quantitative estimate of drug-likeness (QED) is 0.829. The Balaban J connectivity index is 2.20. The first kappa shape index (κ1) is 14.4. The molecular weight excluding hydrogens is 250 g/mol. The Hall–Kier alpha value is -1.97. The molecule has 2 rings (SSSR count). The summed E-state index contributed by atoms with van der Waals surface area (Å²) in [6.45, 7) is 4.81. The summed E-state index contributed by atoms with van der Waals surface area (Å²) in [6.07, 6.45) is 6.92. The van der Waals surface area contributed by atoms with E-state index in [1.165, 1.54) is 5.39 Å². The number of benzene rings is 1.